The Kier molecular flexibility index (Phi) is 4.70. The van der Waals surface area contributed by atoms with Crippen LogP contribution >= 0.6 is 0 Å². The summed E-state index contributed by atoms with van der Waals surface area (Å²) in [6, 6.07) is 14.9. The lowest BCUT2D eigenvalue weighted by molar-refractivity contribution is -0.122. The van der Waals surface area contributed by atoms with Crippen molar-refractivity contribution < 1.29 is 13.9 Å². The van der Waals surface area contributed by atoms with Gasteiger partial charge in [0.25, 0.3) is 0 Å². The lowest BCUT2D eigenvalue weighted by Gasteiger charge is -2.16. The number of ketones is 1. The standard InChI is InChI=1S/C21H20O4/c1-4-15-10-18-17(16-8-6-5-7-9-16)11-21(23)25-20(18)12-19(15)24-14(3)13(2)22/h5-12,14H,4H2,1-3H3/t14-/m1/s1. The molecule has 0 aliphatic heterocycles. The van der Waals surface area contributed by atoms with Crippen LogP contribution in [0.3, 0.4) is 0 Å². The zero-order chi connectivity index (χ0) is 18.0. The molecule has 25 heavy (non-hydrogen) atoms. The summed E-state index contributed by atoms with van der Waals surface area (Å²) in [6.45, 7) is 5.22. The summed E-state index contributed by atoms with van der Waals surface area (Å²) >= 11 is 0. The lowest BCUT2D eigenvalue weighted by Crippen LogP contribution is -2.21. The number of rotatable bonds is 5. The molecule has 4 heteroatoms. The van der Waals surface area contributed by atoms with Crippen LogP contribution in [0.5, 0.6) is 5.75 Å². The van der Waals surface area contributed by atoms with Gasteiger partial charge in [-0.1, -0.05) is 37.3 Å². The normalized spacial score (nSPS) is 12.1. The molecule has 0 unspecified atom stereocenters. The number of carbonyl (C=O) groups is 1. The van der Waals surface area contributed by atoms with Crippen LogP contribution in [-0.4, -0.2) is 11.9 Å². The highest BCUT2D eigenvalue weighted by molar-refractivity contribution is 5.94. The average molecular weight is 336 g/mol. The molecule has 2 aromatic carbocycles. The molecule has 0 fully saturated rings. The second kappa shape index (κ2) is 6.93. The maximum atomic E-state index is 12.0. The summed E-state index contributed by atoms with van der Waals surface area (Å²) in [4.78, 5) is 23.5. The molecule has 0 saturated heterocycles. The smallest absolute Gasteiger partial charge is 0.336 e. The third-order valence-electron chi connectivity index (χ3n) is 4.27. The van der Waals surface area contributed by atoms with Crippen molar-refractivity contribution in [3.05, 3.63) is 64.5 Å². The Morgan fingerprint density at radius 2 is 1.88 bits per heavy atom. The van der Waals surface area contributed by atoms with Crippen molar-refractivity contribution in [1.82, 2.24) is 0 Å². The molecule has 0 spiro atoms. The molecule has 0 amide bonds. The second-order valence-electron chi connectivity index (χ2n) is 6.03. The van der Waals surface area contributed by atoms with Crippen LogP contribution in [0, 0.1) is 0 Å². The van der Waals surface area contributed by atoms with Gasteiger partial charge in [0, 0.05) is 17.5 Å². The number of hydrogen-bond donors (Lipinski definition) is 0. The van der Waals surface area contributed by atoms with Gasteiger partial charge in [0.15, 0.2) is 11.9 Å². The minimum atomic E-state index is -0.549. The zero-order valence-corrected chi connectivity index (χ0v) is 14.5. The topological polar surface area (TPSA) is 56.5 Å². The van der Waals surface area contributed by atoms with Gasteiger partial charge < -0.3 is 9.15 Å². The predicted molar refractivity (Wildman–Crippen MR) is 98.1 cm³/mol. The van der Waals surface area contributed by atoms with E-state index in [1.165, 1.54) is 13.0 Å². The molecule has 0 radical (unpaired) electrons. The van der Waals surface area contributed by atoms with E-state index in [1.807, 2.05) is 43.3 Å². The van der Waals surface area contributed by atoms with Crippen molar-refractivity contribution in [3.63, 3.8) is 0 Å². The molecule has 1 heterocycles. The van der Waals surface area contributed by atoms with Crippen LogP contribution in [0.15, 0.2) is 57.7 Å². The molecule has 1 aromatic heterocycles. The molecule has 0 N–H and O–H groups in total. The van der Waals surface area contributed by atoms with Crippen molar-refractivity contribution in [2.24, 2.45) is 0 Å². The van der Waals surface area contributed by atoms with Crippen molar-refractivity contribution in [2.75, 3.05) is 0 Å². The van der Waals surface area contributed by atoms with Gasteiger partial charge >= 0.3 is 5.63 Å². The fraction of sp³-hybridized carbons (Fsp3) is 0.238. The largest absolute Gasteiger partial charge is 0.483 e. The molecular weight excluding hydrogens is 316 g/mol. The quantitative estimate of drug-likeness (QED) is 0.649. The Balaban J connectivity index is 2.22. The third-order valence-corrected chi connectivity index (χ3v) is 4.27. The average Bonchev–Trinajstić information content (AvgIpc) is 2.61. The SMILES string of the molecule is CCc1cc2c(-c3ccccc3)cc(=O)oc2cc1O[C@H](C)C(C)=O. The highest BCUT2D eigenvalue weighted by atomic mass is 16.5. The molecule has 0 saturated carbocycles. The van der Waals surface area contributed by atoms with Crippen LogP contribution in [0.25, 0.3) is 22.1 Å². The van der Waals surface area contributed by atoms with Gasteiger partial charge in [-0.25, -0.2) is 4.79 Å². The van der Waals surface area contributed by atoms with Crippen molar-refractivity contribution in [2.45, 2.75) is 33.3 Å². The van der Waals surface area contributed by atoms with Crippen LogP contribution in [0.1, 0.15) is 26.3 Å². The molecule has 3 rings (SSSR count). The number of aryl methyl sites for hydroxylation is 1. The minimum absolute atomic E-state index is 0.0540. The fourth-order valence-electron chi connectivity index (χ4n) is 2.75. The first-order chi connectivity index (χ1) is 12.0. The van der Waals surface area contributed by atoms with Gasteiger partial charge in [0.1, 0.15) is 11.3 Å². The van der Waals surface area contributed by atoms with Crippen molar-refractivity contribution in [3.8, 4) is 16.9 Å². The minimum Gasteiger partial charge on any atom is -0.483 e. The molecule has 0 bridgehead atoms. The number of carbonyl (C=O) groups excluding carboxylic acids is 1. The summed E-state index contributed by atoms with van der Waals surface area (Å²) < 4.78 is 11.2. The Labute approximate surface area is 146 Å². The molecule has 128 valence electrons. The fourth-order valence-corrected chi connectivity index (χ4v) is 2.75. The van der Waals surface area contributed by atoms with E-state index in [4.69, 9.17) is 9.15 Å². The van der Waals surface area contributed by atoms with E-state index in [9.17, 15) is 9.59 Å². The van der Waals surface area contributed by atoms with E-state index in [1.54, 1.807) is 13.0 Å². The Bertz CT molecular complexity index is 970. The molecule has 4 nitrogen and oxygen atoms in total. The third kappa shape index (κ3) is 3.48. The molecular formula is C21H20O4. The van der Waals surface area contributed by atoms with E-state index < -0.39 is 11.7 Å². The highest BCUT2D eigenvalue weighted by Crippen LogP contribution is 2.33. The van der Waals surface area contributed by atoms with Crippen LogP contribution in [0.4, 0.5) is 0 Å². The molecule has 1 atom stereocenters. The summed E-state index contributed by atoms with van der Waals surface area (Å²) in [7, 11) is 0. The number of Topliss-reactive ketones (excluding diaryl/α,β-unsaturated/α-hetero) is 1. The van der Waals surface area contributed by atoms with Crippen LogP contribution < -0.4 is 10.4 Å². The van der Waals surface area contributed by atoms with Gasteiger partial charge in [0.2, 0.25) is 0 Å². The molecule has 0 aliphatic carbocycles. The number of benzene rings is 2. The first-order valence-corrected chi connectivity index (χ1v) is 8.33. The summed E-state index contributed by atoms with van der Waals surface area (Å²) in [5, 5.41) is 0.852. The zero-order valence-electron chi connectivity index (χ0n) is 14.5. The van der Waals surface area contributed by atoms with E-state index in [-0.39, 0.29) is 5.78 Å². The monoisotopic (exact) mass is 336 g/mol. The van der Waals surface area contributed by atoms with Gasteiger partial charge in [-0.2, -0.15) is 0 Å². The lowest BCUT2D eigenvalue weighted by atomic mass is 9.99. The summed E-state index contributed by atoms with van der Waals surface area (Å²) in [6.07, 6.45) is 0.190. The molecule has 0 aliphatic rings. The maximum absolute atomic E-state index is 12.0. The van der Waals surface area contributed by atoms with Gasteiger partial charge in [0.05, 0.1) is 0 Å². The van der Waals surface area contributed by atoms with Crippen LogP contribution in [0.2, 0.25) is 0 Å². The maximum Gasteiger partial charge on any atom is 0.336 e. The van der Waals surface area contributed by atoms with E-state index in [0.29, 0.717) is 11.3 Å². The predicted octanol–water partition coefficient (Wildman–Crippen LogP) is 4.38. The van der Waals surface area contributed by atoms with Crippen LogP contribution in [-0.2, 0) is 11.2 Å². The first-order valence-electron chi connectivity index (χ1n) is 8.33. The number of fused-ring (bicyclic) bond motifs is 1. The summed E-state index contributed by atoms with van der Waals surface area (Å²) in [5.41, 5.74) is 2.78. The van der Waals surface area contributed by atoms with Gasteiger partial charge in [-0.05, 0) is 43.0 Å². The number of hydrogen-bond acceptors (Lipinski definition) is 4. The highest BCUT2D eigenvalue weighted by Gasteiger charge is 2.16. The van der Waals surface area contributed by atoms with Gasteiger partial charge in [-0.3, -0.25) is 4.79 Å². The van der Waals surface area contributed by atoms with E-state index in [0.717, 1.165) is 28.5 Å². The summed E-state index contributed by atoms with van der Waals surface area (Å²) in [5.74, 6) is 0.521. The van der Waals surface area contributed by atoms with Crippen molar-refractivity contribution in [1.29, 1.82) is 0 Å². The Morgan fingerprint density at radius 3 is 2.52 bits per heavy atom. The first kappa shape index (κ1) is 17.0. The Hall–Kier alpha value is -2.88. The van der Waals surface area contributed by atoms with E-state index in [2.05, 4.69) is 0 Å². The van der Waals surface area contributed by atoms with E-state index >= 15 is 0 Å². The van der Waals surface area contributed by atoms with Crippen molar-refractivity contribution >= 4 is 16.8 Å². The van der Waals surface area contributed by atoms with Gasteiger partial charge in [-0.15, -0.1) is 0 Å². The molecule has 3 aromatic rings. The Morgan fingerprint density at radius 1 is 1.16 bits per heavy atom. The number of ether oxygens (including phenoxy) is 1. The second-order valence-corrected chi connectivity index (χ2v) is 6.03.